The molecular formula is C19H21N3OS. The average molecular weight is 339 g/mol. The van der Waals surface area contributed by atoms with E-state index < -0.39 is 0 Å². The monoisotopic (exact) mass is 339 g/mol. The third-order valence-electron chi connectivity index (χ3n) is 4.73. The lowest BCUT2D eigenvalue weighted by Gasteiger charge is -2.17. The van der Waals surface area contributed by atoms with Crippen molar-refractivity contribution in [3.63, 3.8) is 0 Å². The minimum absolute atomic E-state index is 0.152. The molecule has 5 heteroatoms. The van der Waals surface area contributed by atoms with Gasteiger partial charge in [-0.15, -0.1) is 11.3 Å². The Morgan fingerprint density at radius 2 is 2.04 bits per heavy atom. The molecule has 0 saturated carbocycles. The van der Waals surface area contributed by atoms with Gasteiger partial charge in [-0.25, -0.2) is 9.97 Å². The van der Waals surface area contributed by atoms with Gasteiger partial charge in [0, 0.05) is 23.5 Å². The van der Waals surface area contributed by atoms with Crippen LogP contribution in [0.4, 0.5) is 0 Å². The lowest BCUT2D eigenvalue weighted by atomic mass is 10.0. The zero-order chi connectivity index (χ0) is 16.7. The van der Waals surface area contributed by atoms with Gasteiger partial charge >= 0.3 is 0 Å². The van der Waals surface area contributed by atoms with Gasteiger partial charge < -0.3 is 9.30 Å². The van der Waals surface area contributed by atoms with Crippen molar-refractivity contribution < 1.29 is 4.74 Å². The summed E-state index contributed by atoms with van der Waals surface area (Å²) in [5.41, 5.74) is 4.98. The number of ether oxygens (including phenoxy) is 1. The van der Waals surface area contributed by atoms with Gasteiger partial charge in [-0.1, -0.05) is 0 Å². The molecule has 0 spiro atoms. The van der Waals surface area contributed by atoms with E-state index in [0.717, 1.165) is 40.7 Å². The number of hydrogen-bond donors (Lipinski definition) is 0. The number of aromatic nitrogens is 3. The molecule has 4 rings (SSSR count). The minimum Gasteiger partial charge on any atom is -0.496 e. The molecule has 1 unspecified atom stereocenters. The molecule has 124 valence electrons. The molecule has 1 atom stereocenters. The number of methoxy groups -OCH3 is 1. The highest BCUT2D eigenvalue weighted by molar-refractivity contribution is 7.09. The van der Waals surface area contributed by atoms with E-state index in [2.05, 4.69) is 39.0 Å². The minimum atomic E-state index is 0.152. The van der Waals surface area contributed by atoms with E-state index in [-0.39, 0.29) is 6.04 Å². The Bertz CT molecular complexity index is 881. The van der Waals surface area contributed by atoms with Gasteiger partial charge in [0.2, 0.25) is 0 Å². The molecule has 0 radical (unpaired) electrons. The molecule has 0 fully saturated rings. The Balaban J connectivity index is 1.80. The molecule has 0 saturated heterocycles. The second-order valence-electron chi connectivity index (χ2n) is 6.34. The van der Waals surface area contributed by atoms with Crippen molar-refractivity contribution in [1.82, 2.24) is 14.5 Å². The van der Waals surface area contributed by atoms with Crippen LogP contribution >= 0.6 is 11.3 Å². The maximum Gasteiger partial charge on any atom is 0.144 e. The van der Waals surface area contributed by atoms with Gasteiger partial charge in [0.05, 0.1) is 18.7 Å². The maximum absolute atomic E-state index is 5.67. The third kappa shape index (κ3) is 2.53. The van der Waals surface area contributed by atoms with Crippen LogP contribution in [0.15, 0.2) is 29.9 Å². The summed E-state index contributed by atoms with van der Waals surface area (Å²) in [7, 11) is 1.74. The highest BCUT2D eigenvalue weighted by atomic mass is 32.1. The van der Waals surface area contributed by atoms with Crippen LogP contribution in [0, 0.1) is 6.92 Å². The van der Waals surface area contributed by atoms with Crippen molar-refractivity contribution in [3.05, 3.63) is 51.7 Å². The molecule has 1 aliphatic rings. The summed E-state index contributed by atoms with van der Waals surface area (Å²) in [5.74, 6) is 1.85. The van der Waals surface area contributed by atoms with Crippen molar-refractivity contribution >= 4 is 11.3 Å². The Hall–Kier alpha value is -2.14. The number of fused-ring (bicyclic) bond motifs is 1. The largest absolute Gasteiger partial charge is 0.496 e. The van der Waals surface area contributed by atoms with E-state index in [4.69, 9.17) is 4.74 Å². The fraction of sp³-hybridized carbons (Fsp3) is 0.368. The maximum atomic E-state index is 5.67. The van der Waals surface area contributed by atoms with Crippen LogP contribution in [0.25, 0.3) is 11.4 Å². The van der Waals surface area contributed by atoms with Gasteiger partial charge in [0.1, 0.15) is 16.6 Å². The Morgan fingerprint density at radius 1 is 1.25 bits per heavy atom. The van der Waals surface area contributed by atoms with Crippen LogP contribution in [0.5, 0.6) is 5.75 Å². The number of imidazole rings is 1. The van der Waals surface area contributed by atoms with Crippen molar-refractivity contribution in [3.8, 4) is 17.1 Å². The van der Waals surface area contributed by atoms with Crippen molar-refractivity contribution in [2.24, 2.45) is 0 Å². The first-order valence-electron chi connectivity index (χ1n) is 8.32. The summed E-state index contributed by atoms with van der Waals surface area (Å²) < 4.78 is 7.86. The molecule has 0 amide bonds. The molecular weight excluding hydrogens is 318 g/mol. The quantitative estimate of drug-likeness (QED) is 0.706. The highest BCUT2D eigenvalue weighted by Gasteiger charge is 2.21. The third-order valence-corrected chi connectivity index (χ3v) is 5.87. The van der Waals surface area contributed by atoms with Crippen LogP contribution < -0.4 is 4.74 Å². The normalized spacial score (nSPS) is 14.6. The SMILES string of the molecule is COc1cc2c(cc1-c1nccn1C(C)c1nc(C)cs1)CCC2. The topological polar surface area (TPSA) is 39.9 Å². The zero-order valence-electron chi connectivity index (χ0n) is 14.2. The lowest BCUT2D eigenvalue weighted by Crippen LogP contribution is -2.08. The number of nitrogens with zero attached hydrogens (tertiary/aromatic N) is 3. The molecule has 24 heavy (non-hydrogen) atoms. The summed E-state index contributed by atoms with van der Waals surface area (Å²) in [4.78, 5) is 9.27. The average Bonchev–Trinajstić information content (AvgIpc) is 3.32. The van der Waals surface area contributed by atoms with Gasteiger partial charge in [-0.2, -0.15) is 0 Å². The number of aryl methyl sites for hydroxylation is 3. The molecule has 1 aromatic carbocycles. The second kappa shape index (κ2) is 6.06. The standard InChI is InChI=1S/C19H21N3OS/c1-12-11-24-19(21-12)13(2)22-8-7-20-18(22)16-9-14-5-4-6-15(14)10-17(16)23-3/h7-11,13H,4-6H2,1-3H3. The molecule has 4 nitrogen and oxygen atoms in total. The Morgan fingerprint density at radius 3 is 2.75 bits per heavy atom. The van der Waals surface area contributed by atoms with Crippen LogP contribution in [0.2, 0.25) is 0 Å². The van der Waals surface area contributed by atoms with E-state index in [1.807, 2.05) is 19.3 Å². The van der Waals surface area contributed by atoms with E-state index in [1.54, 1.807) is 18.4 Å². The molecule has 0 aliphatic heterocycles. The van der Waals surface area contributed by atoms with Gasteiger partial charge in [0.25, 0.3) is 0 Å². The van der Waals surface area contributed by atoms with Gasteiger partial charge in [-0.3, -0.25) is 0 Å². The van der Waals surface area contributed by atoms with Crippen molar-refractivity contribution in [1.29, 1.82) is 0 Å². The molecule has 1 aliphatic carbocycles. The molecule has 0 N–H and O–H groups in total. The summed E-state index contributed by atoms with van der Waals surface area (Å²) in [6, 6.07) is 4.61. The van der Waals surface area contributed by atoms with Crippen LogP contribution in [-0.2, 0) is 12.8 Å². The second-order valence-corrected chi connectivity index (χ2v) is 7.23. The summed E-state index contributed by atoms with van der Waals surface area (Å²) in [6.07, 6.45) is 7.41. The van der Waals surface area contributed by atoms with E-state index >= 15 is 0 Å². The fourth-order valence-electron chi connectivity index (χ4n) is 3.46. The van der Waals surface area contributed by atoms with Gasteiger partial charge in [-0.05, 0) is 56.4 Å². The summed E-state index contributed by atoms with van der Waals surface area (Å²) in [5, 5.41) is 3.20. The predicted octanol–water partition coefficient (Wildman–Crippen LogP) is 4.42. The molecule has 2 heterocycles. The van der Waals surface area contributed by atoms with E-state index in [0.29, 0.717) is 0 Å². The van der Waals surface area contributed by atoms with Crippen LogP contribution in [0.1, 0.15) is 41.2 Å². The number of thiazole rings is 1. The molecule has 0 bridgehead atoms. The first-order chi connectivity index (χ1) is 11.7. The summed E-state index contributed by atoms with van der Waals surface area (Å²) in [6.45, 7) is 4.20. The van der Waals surface area contributed by atoms with Crippen molar-refractivity contribution in [2.75, 3.05) is 7.11 Å². The molecule has 2 aromatic heterocycles. The zero-order valence-corrected chi connectivity index (χ0v) is 15.1. The van der Waals surface area contributed by atoms with Crippen LogP contribution in [-0.4, -0.2) is 21.6 Å². The number of hydrogen-bond acceptors (Lipinski definition) is 4. The summed E-state index contributed by atoms with van der Waals surface area (Å²) >= 11 is 1.70. The van der Waals surface area contributed by atoms with E-state index in [1.165, 1.54) is 17.5 Å². The fourth-order valence-corrected chi connectivity index (χ4v) is 4.31. The number of benzene rings is 1. The predicted molar refractivity (Wildman–Crippen MR) is 96.9 cm³/mol. The Kier molecular flexibility index (Phi) is 3.88. The highest BCUT2D eigenvalue weighted by Crippen LogP contribution is 2.37. The van der Waals surface area contributed by atoms with Crippen molar-refractivity contribution in [2.45, 2.75) is 39.2 Å². The van der Waals surface area contributed by atoms with Crippen LogP contribution in [0.3, 0.4) is 0 Å². The van der Waals surface area contributed by atoms with Gasteiger partial charge in [0.15, 0.2) is 0 Å². The first kappa shape index (κ1) is 15.4. The first-order valence-corrected chi connectivity index (χ1v) is 9.20. The number of rotatable bonds is 4. The Labute approximate surface area is 146 Å². The lowest BCUT2D eigenvalue weighted by molar-refractivity contribution is 0.415. The van der Waals surface area contributed by atoms with E-state index in [9.17, 15) is 0 Å². The smallest absolute Gasteiger partial charge is 0.144 e. The molecule has 3 aromatic rings.